The molecule has 34 heavy (non-hydrogen) atoms. The number of benzene rings is 4. The summed E-state index contributed by atoms with van der Waals surface area (Å²) < 4.78 is 27.6. The zero-order chi connectivity index (χ0) is 23.7. The molecular formula is C30H25F2NO. The molecule has 170 valence electrons. The van der Waals surface area contributed by atoms with Crippen molar-refractivity contribution in [3.05, 3.63) is 130 Å². The molecule has 0 aliphatic heterocycles. The molecular weight excluding hydrogens is 428 g/mol. The summed E-state index contributed by atoms with van der Waals surface area (Å²) in [4.78, 5) is 16.0. The molecule has 1 aliphatic rings. The quantitative estimate of drug-likeness (QED) is 0.327. The topological polar surface area (TPSA) is 20.3 Å². The average Bonchev–Trinajstić information content (AvgIpc) is 3.28. The van der Waals surface area contributed by atoms with Crippen molar-refractivity contribution in [2.24, 2.45) is 0 Å². The number of hydrogen-bond acceptors (Lipinski definition) is 1. The number of aryl methyl sites for hydroxylation is 1. The average molecular weight is 454 g/mol. The Morgan fingerprint density at radius 1 is 0.824 bits per heavy atom. The number of carbonyl (C=O) groups is 1. The van der Waals surface area contributed by atoms with E-state index in [2.05, 4.69) is 12.1 Å². The third kappa shape index (κ3) is 4.24. The van der Waals surface area contributed by atoms with Gasteiger partial charge in [-0.1, -0.05) is 78.9 Å². The number of hydrogen-bond donors (Lipinski definition) is 0. The lowest BCUT2D eigenvalue weighted by molar-refractivity contribution is 0.0667. The Morgan fingerprint density at radius 2 is 1.50 bits per heavy atom. The maximum absolute atomic E-state index is 14.2. The van der Waals surface area contributed by atoms with E-state index in [0.717, 1.165) is 35.6 Å². The fourth-order valence-electron chi connectivity index (χ4n) is 4.91. The van der Waals surface area contributed by atoms with E-state index in [0.29, 0.717) is 11.1 Å². The molecule has 0 N–H and O–H groups in total. The molecule has 0 spiro atoms. The summed E-state index contributed by atoms with van der Waals surface area (Å²) in [7, 11) is 0. The predicted octanol–water partition coefficient (Wildman–Crippen LogP) is 6.75. The third-order valence-electron chi connectivity index (χ3n) is 6.64. The van der Waals surface area contributed by atoms with Crippen molar-refractivity contribution < 1.29 is 13.6 Å². The summed E-state index contributed by atoms with van der Waals surface area (Å²) in [5.74, 6) is -1.89. The number of rotatable bonds is 5. The normalized spacial score (nSPS) is 13.0. The molecule has 5 rings (SSSR count). The van der Waals surface area contributed by atoms with Crippen LogP contribution in [0.5, 0.6) is 0 Å². The molecule has 0 heterocycles. The molecule has 0 aromatic heterocycles. The molecule has 4 aromatic rings. The maximum atomic E-state index is 14.2. The van der Waals surface area contributed by atoms with Crippen LogP contribution in [0.3, 0.4) is 0 Å². The zero-order valence-corrected chi connectivity index (χ0v) is 19.0. The van der Waals surface area contributed by atoms with Crippen LogP contribution in [0.4, 0.5) is 8.78 Å². The van der Waals surface area contributed by atoms with E-state index >= 15 is 0 Å². The number of halogens is 2. The molecule has 0 saturated heterocycles. The summed E-state index contributed by atoms with van der Waals surface area (Å²) in [6, 6.07) is 27.7. The fourth-order valence-corrected chi connectivity index (χ4v) is 4.91. The van der Waals surface area contributed by atoms with Crippen LogP contribution >= 0.6 is 0 Å². The van der Waals surface area contributed by atoms with Crippen molar-refractivity contribution in [1.82, 2.24) is 4.90 Å². The van der Waals surface area contributed by atoms with Gasteiger partial charge in [0.2, 0.25) is 0 Å². The molecule has 1 amide bonds. The van der Waals surface area contributed by atoms with Crippen molar-refractivity contribution in [3.8, 4) is 11.1 Å². The molecule has 0 saturated carbocycles. The summed E-state index contributed by atoms with van der Waals surface area (Å²) in [5.41, 5.74) is 6.39. The van der Waals surface area contributed by atoms with Gasteiger partial charge in [-0.15, -0.1) is 0 Å². The van der Waals surface area contributed by atoms with Gasteiger partial charge >= 0.3 is 0 Å². The van der Waals surface area contributed by atoms with E-state index in [4.69, 9.17) is 0 Å². The highest BCUT2D eigenvalue weighted by Gasteiger charge is 2.32. The first-order chi connectivity index (χ1) is 16.5. The molecule has 0 radical (unpaired) electrons. The monoisotopic (exact) mass is 453 g/mol. The fraction of sp³-hybridized carbons (Fsp3) is 0.167. The van der Waals surface area contributed by atoms with Crippen molar-refractivity contribution in [3.63, 3.8) is 0 Å². The van der Waals surface area contributed by atoms with Gasteiger partial charge in [0.05, 0.1) is 5.56 Å². The Kier molecular flexibility index (Phi) is 5.97. The van der Waals surface area contributed by atoms with E-state index in [1.807, 2.05) is 72.5 Å². The first-order valence-electron chi connectivity index (χ1n) is 11.5. The van der Waals surface area contributed by atoms with Gasteiger partial charge in [-0.25, -0.2) is 8.78 Å². The first kappa shape index (κ1) is 22.0. The largest absolute Gasteiger partial charge is 0.331 e. The van der Waals surface area contributed by atoms with Gasteiger partial charge in [-0.3, -0.25) is 4.79 Å². The van der Waals surface area contributed by atoms with Crippen LogP contribution in [0.2, 0.25) is 0 Å². The van der Waals surface area contributed by atoms with Crippen molar-refractivity contribution in [1.29, 1.82) is 0 Å². The lowest BCUT2D eigenvalue weighted by atomic mass is 9.94. The number of fused-ring (bicyclic) bond motifs is 1. The van der Waals surface area contributed by atoms with Crippen LogP contribution in [-0.4, -0.2) is 16.8 Å². The minimum atomic E-state index is -0.902. The number of amides is 1. The van der Waals surface area contributed by atoms with Gasteiger partial charge in [0.15, 0.2) is 11.6 Å². The Balaban J connectivity index is 1.57. The minimum absolute atomic E-state index is 0.0683. The van der Waals surface area contributed by atoms with Crippen LogP contribution in [-0.2, 0) is 19.4 Å². The van der Waals surface area contributed by atoms with Crippen molar-refractivity contribution in [2.75, 3.05) is 0 Å². The second-order valence-electron chi connectivity index (χ2n) is 8.88. The summed E-state index contributed by atoms with van der Waals surface area (Å²) in [6.45, 7) is 2.15. The third-order valence-corrected chi connectivity index (χ3v) is 6.64. The van der Waals surface area contributed by atoms with Gasteiger partial charge in [-0.2, -0.15) is 0 Å². The van der Waals surface area contributed by atoms with Crippen LogP contribution in [0.15, 0.2) is 91.0 Å². The van der Waals surface area contributed by atoms with Gasteiger partial charge in [0.25, 0.3) is 5.91 Å². The highest BCUT2D eigenvalue weighted by atomic mass is 19.2. The van der Waals surface area contributed by atoms with Gasteiger partial charge in [0, 0.05) is 12.6 Å². The Morgan fingerprint density at radius 3 is 2.18 bits per heavy atom. The first-order valence-corrected chi connectivity index (χ1v) is 11.5. The molecule has 0 atom stereocenters. The Labute approximate surface area is 198 Å². The Bertz CT molecular complexity index is 1320. The molecule has 0 fully saturated rings. The van der Waals surface area contributed by atoms with E-state index < -0.39 is 11.6 Å². The zero-order valence-electron chi connectivity index (χ0n) is 19.0. The molecule has 0 bridgehead atoms. The van der Waals surface area contributed by atoms with Gasteiger partial charge in [-0.05, 0) is 65.3 Å². The van der Waals surface area contributed by atoms with E-state index in [9.17, 15) is 13.6 Å². The van der Waals surface area contributed by atoms with Crippen LogP contribution in [0.25, 0.3) is 11.1 Å². The van der Waals surface area contributed by atoms with Crippen molar-refractivity contribution >= 4 is 5.91 Å². The van der Waals surface area contributed by atoms with Gasteiger partial charge in [0.1, 0.15) is 0 Å². The van der Waals surface area contributed by atoms with Gasteiger partial charge < -0.3 is 4.90 Å². The summed E-state index contributed by atoms with van der Waals surface area (Å²) in [5, 5.41) is 0. The lowest BCUT2D eigenvalue weighted by Crippen LogP contribution is -2.41. The molecule has 1 aliphatic carbocycles. The van der Waals surface area contributed by atoms with E-state index in [-0.39, 0.29) is 18.5 Å². The molecule has 2 nitrogen and oxygen atoms in total. The lowest BCUT2D eigenvalue weighted by Gasteiger charge is -2.31. The smallest absolute Gasteiger partial charge is 0.255 e. The van der Waals surface area contributed by atoms with E-state index in [1.165, 1.54) is 17.2 Å². The SMILES string of the molecule is Cc1cccc(-c2ccccc2)c1C(=O)N(Cc1ccc(F)c(F)c1)C1Cc2ccccc2C1. The highest BCUT2D eigenvalue weighted by Crippen LogP contribution is 2.32. The highest BCUT2D eigenvalue weighted by molar-refractivity contribution is 6.02. The van der Waals surface area contributed by atoms with Crippen molar-refractivity contribution in [2.45, 2.75) is 32.4 Å². The standard InChI is InChI=1S/C30H25F2NO/c1-20-8-7-13-26(22-9-3-2-4-10-22)29(20)30(34)33(19-21-14-15-27(31)28(32)16-21)25-17-23-11-5-6-12-24(23)18-25/h2-16,25H,17-19H2,1H3. The van der Waals surface area contributed by atoms with Crippen LogP contribution < -0.4 is 0 Å². The van der Waals surface area contributed by atoms with Crippen LogP contribution in [0.1, 0.15) is 32.6 Å². The number of carbonyl (C=O) groups excluding carboxylic acids is 1. The number of nitrogens with zero attached hydrogens (tertiary/aromatic N) is 1. The Hall–Kier alpha value is -3.79. The van der Waals surface area contributed by atoms with E-state index in [1.54, 1.807) is 6.07 Å². The van der Waals surface area contributed by atoms with Crippen LogP contribution in [0, 0.1) is 18.6 Å². The second kappa shape index (κ2) is 9.22. The second-order valence-corrected chi connectivity index (χ2v) is 8.88. The summed E-state index contributed by atoms with van der Waals surface area (Å²) in [6.07, 6.45) is 1.47. The molecule has 4 heteroatoms. The molecule has 4 aromatic carbocycles. The maximum Gasteiger partial charge on any atom is 0.255 e. The summed E-state index contributed by atoms with van der Waals surface area (Å²) >= 11 is 0. The molecule has 0 unspecified atom stereocenters. The predicted molar refractivity (Wildman–Crippen MR) is 130 cm³/mol. The minimum Gasteiger partial charge on any atom is -0.331 e.